The number of rotatable bonds is 2. The largest absolute Gasteiger partial charge is 0.324 e. The molecule has 1 aromatic rings. The number of nitrogens with zero attached hydrogens (tertiary/aromatic N) is 1. The lowest BCUT2D eigenvalue weighted by atomic mass is 10.2. The first-order valence-electron chi connectivity index (χ1n) is 3.87. The van der Waals surface area contributed by atoms with E-state index in [4.69, 9.17) is 22.6 Å². The quantitative estimate of drug-likeness (QED) is 0.766. The summed E-state index contributed by atoms with van der Waals surface area (Å²) in [7, 11) is 0. The second-order valence-corrected chi connectivity index (χ2v) is 2.99. The fourth-order valence-corrected chi connectivity index (χ4v) is 1.09. The van der Waals surface area contributed by atoms with Gasteiger partial charge in [-0.3, -0.25) is 4.79 Å². The summed E-state index contributed by atoms with van der Waals surface area (Å²) in [5.74, 6) is -0.358. The van der Waals surface area contributed by atoms with Crippen molar-refractivity contribution in [3.63, 3.8) is 0 Å². The molecule has 0 fully saturated rings. The van der Waals surface area contributed by atoms with Crippen molar-refractivity contribution in [1.82, 2.24) is 0 Å². The molecule has 0 bridgehead atoms. The third-order valence-corrected chi connectivity index (χ3v) is 1.80. The van der Waals surface area contributed by atoms with Crippen LogP contribution in [0.3, 0.4) is 0 Å². The number of amides is 1. The maximum Gasteiger partial charge on any atom is 0.238 e. The summed E-state index contributed by atoms with van der Waals surface area (Å²) < 4.78 is 0. The van der Waals surface area contributed by atoms with Crippen molar-refractivity contribution in [2.45, 2.75) is 0 Å². The van der Waals surface area contributed by atoms with E-state index in [9.17, 15) is 4.79 Å². The monoisotopic (exact) mass is 209 g/mol. The molecule has 0 aromatic heterocycles. The minimum absolute atomic E-state index is 0.128. The van der Waals surface area contributed by atoms with Crippen molar-refractivity contribution in [2.75, 3.05) is 11.9 Å². The Bertz CT molecular complexity index is 398. The fraction of sp³-hybridized carbons (Fsp3) is 0.111. The Balaban J connectivity index is 3.00. The molecule has 14 heavy (non-hydrogen) atoms. The number of halogens is 1. The van der Waals surface area contributed by atoms with Crippen LogP contribution in [-0.2, 0) is 4.79 Å². The van der Waals surface area contributed by atoms with E-state index in [1.807, 2.05) is 6.07 Å². The zero-order chi connectivity index (χ0) is 10.6. The van der Waals surface area contributed by atoms with Gasteiger partial charge in [0.05, 0.1) is 17.8 Å². The fourth-order valence-electron chi connectivity index (χ4n) is 0.919. The van der Waals surface area contributed by atoms with Crippen LogP contribution in [0.25, 0.3) is 0 Å². The second kappa shape index (κ2) is 4.61. The van der Waals surface area contributed by atoms with Crippen LogP contribution in [0.1, 0.15) is 5.56 Å². The highest BCUT2D eigenvalue weighted by Gasteiger charge is 2.05. The standard InChI is InChI=1S/C9H8ClN3O/c10-7-2-1-6(4-11)8(3-7)13-9(14)5-12/h1-3H,5,12H2,(H,13,14). The predicted molar refractivity (Wildman–Crippen MR) is 53.9 cm³/mol. The third kappa shape index (κ3) is 2.46. The van der Waals surface area contributed by atoms with Crippen LogP contribution < -0.4 is 11.1 Å². The van der Waals surface area contributed by atoms with Gasteiger partial charge in [-0.25, -0.2) is 0 Å². The topological polar surface area (TPSA) is 78.9 Å². The number of hydrogen-bond acceptors (Lipinski definition) is 3. The zero-order valence-corrected chi connectivity index (χ0v) is 8.01. The van der Waals surface area contributed by atoms with Crippen LogP contribution in [0, 0.1) is 11.3 Å². The first kappa shape index (κ1) is 10.5. The van der Waals surface area contributed by atoms with Gasteiger partial charge in [-0.05, 0) is 18.2 Å². The first-order valence-corrected chi connectivity index (χ1v) is 4.24. The van der Waals surface area contributed by atoms with Gasteiger partial charge in [0.15, 0.2) is 0 Å². The summed E-state index contributed by atoms with van der Waals surface area (Å²) in [4.78, 5) is 11.0. The molecule has 1 rings (SSSR count). The Morgan fingerprint density at radius 2 is 2.36 bits per heavy atom. The Morgan fingerprint density at radius 3 is 2.93 bits per heavy atom. The molecule has 0 radical (unpaired) electrons. The molecule has 0 spiro atoms. The van der Waals surface area contributed by atoms with Crippen LogP contribution in [-0.4, -0.2) is 12.5 Å². The van der Waals surface area contributed by atoms with Gasteiger partial charge in [0.25, 0.3) is 0 Å². The van der Waals surface area contributed by atoms with Crippen LogP contribution in [0.4, 0.5) is 5.69 Å². The lowest BCUT2D eigenvalue weighted by Crippen LogP contribution is -2.22. The van der Waals surface area contributed by atoms with Crippen LogP contribution in [0.5, 0.6) is 0 Å². The summed E-state index contributed by atoms with van der Waals surface area (Å²) in [5.41, 5.74) is 5.86. The first-order chi connectivity index (χ1) is 6.67. The number of nitrogens with one attached hydrogen (secondary N) is 1. The van der Waals surface area contributed by atoms with Gasteiger partial charge in [-0.2, -0.15) is 5.26 Å². The van der Waals surface area contributed by atoms with E-state index in [-0.39, 0.29) is 12.5 Å². The average molecular weight is 210 g/mol. The number of anilines is 1. The van der Waals surface area contributed by atoms with Crippen LogP contribution in [0.15, 0.2) is 18.2 Å². The molecular weight excluding hydrogens is 202 g/mol. The number of benzene rings is 1. The van der Waals surface area contributed by atoms with Crippen molar-refractivity contribution < 1.29 is 4.79 Å². The van der Waals surface area contributed by atoms with E-state index in [2.05, 4.69) is 5.32 Å². The van der Waals surface area contributed by atoms with Crippen molar-refractivity contribution in [1.29, 1.82) is 5.26 Å². The van der Waals surface area contributed by atoms with Gasteiger partial charge >= 0.3 is 0 Å². The SMILES string of the molecule is N#Cc1ccc(Cl)cc1NC(=O)CN. The molecule has 72 valence electrons. The molecular formula is C9H8ClN3O. The summed E-state index contributed by atoms with van der Waals surface area (Å²) in [6, 6.07) is 6.56. The van der Waals surface area contributed by atoms with Gasteiger partial charge in [0.2, 0.25) is 5.91 Å². The minimum atomic E-state index is -0.358. The second-order valence-electron chi connectivity index (χ2n) is 2.55. The molecule has 1 aromatic carbocycles. The lowest BCUT2D eigenvalue weighted by molar-refractivity contribution is -0.114. The lowest BCUT2D eigenvalue weighted by Gasteiger charge is -2.05. The smallest absolute Gasteiger partial charge is 0.238 e. The number of nitriles is 1. The van der Waals surface area contributed by atoms with Crippen molar-refractivity contribution >= 4 is 23.2 Å². The molecule has 0 aliphatic carbocycles. The Hall–Kier alpha value is -1.57. The molecule has 4 nitrogen and oxygen atoms in total. The Kier molecular flexibility index (Phi) is 3.46. The van der Waals surface area contributed by atoms with Crippen molar-refractivity contribution in [2.24, 2.45) is 5.73 Å². The molecule has 0 atom stereocenters. The number of hydrogen-bond donors (Lipinski definition) is 2. The minimum Gasteiger partial charge on any atom is -0.324 e. The highest BCUT2D eigenvalue weighted by molar-refractivity contribution is 6.31. The van der Waals surface area contributed by atoms with Gasteiger partial charge in [0, 0.05) is 5.02 Å². The van der Waals surface area contributed by atoms with Gasteiger partial charge in [-0.1, -0.05) is 11.6 Å². The molecule has 0 aliphatic rings. The third-order valence-electron chi connectivity index (χ3n) is 1.56. The predicted octanol–water partition coefficient (Wildman–Crippen LogP) is 1.11. The highest BCUT2D eigenvalue weighted by atomic mass is 35.5. The number of carbonyl (C=O) groups is 1. The van der Waals surface area contributed by atoms with E-state index in [1.165, 1.54) is 12.1 Å². The van der Waals surface area contributed by atoms with E-state index in [0.717, 1.165) is 0 Å². The summed E-state index contributed by atoms with van der Waals surface area (Å²) in [5, 5.41) is 11.7. The Labute approximate surface area is 86.3 Å². The molecule has 0 unspecified atom stereocenters. The van der Waals surface area contributed by atoms with E-state index in [0.29, 0.717) is 16.3 Å². The Morgan fingerprint density at radius 1 is 1.64 bits per heavy atom. The van der Waals surface area contributed by atoms with E-state index in [1.54, 1.807) is 6.07 Å². The van der Waals surface area contributed by atoms with Gasteiger partial charge in [0.1, 0.15) is 6.07 Å². The van der Waals surface area contributed by atoms with Gasteiger partial charge in [-0.15, -0.1) is 0 Å². The normalized spacial score (nSPS) is 9.21. The maximum atomic E-state index is 11.0. The van der Waals surface area contributed by atoms with E-state index < -0.39 is 0 Å². The van der Waals surface area contributed by atoms with Crippen molar-refractivity contribution in [3.8, 4) is 6.07 Å². The van der Waals surface area contributed by atoms with Gasteiger partial charge < -0.3 is 11.1 Å². The molecule has 5 heteroatoms. The van der Waals surface area contributed by atoms with Crippen molar-refractivity contribution in [3.05, 3.63) is 28.8 Å². The zero-order valence-electron chi connectivity index (χ0n) is 7.25. The molecule has 0 aliphatic heterocycles. The van der Waals surface area contributed by atoms with Crippen LogP contribution in [0.2, 0.25) is 5.02 Å². The number of nitrogens with two attached hydrogens (primary N) is 1. The van der Waals surface area contributed by atoms with E-state index >= 15 is 0 Å². The summed E-state index contributed by atoms with van der Waals surface area (Å²) in [6.45, 7) is -0.128. The summed E-state index contributed by atoms with van der Waals surface area (Å²) >= 11 is 5.71. The molecule has 0 heterocycles. The molecule has 0 saturated carbocycles. The number of carbonyl (C=O) groups excluding carboxylic acids is 1. The van der Waals surface area contributed by atoms with Crippen LogP contribution >= 0.6 is 11.6 Å². The molecule has 0 saturated heterocycles. The molecule has 1 amide bonds. The molecule has 3 N–H and O–H groups in total. The average Bonchev–Trinajstić information content (AvgIpc) is 2.18. The highest BCUT2D eigenvalue weighted by Crippen LogP contribution is 2.19. The summed E-state index contributed by atoms with van der Waals surface area (Å²) in [6.07, 6.45) is 0. The maximum absolute atomic E-state index is 11.0.